The highest BCUT2D eigenvalue weighted by Crippen LogP contribution is 2.07. The Bertz CT molecular complexity index is 313. The molecule has 0 fully saturated rings. The van der Waals surface area contributed by atoms with Crippen LogP contribution in [-0.4, -0.2) is 30.2 Å². The maximum absolute atomic E-state index is 7.35. The number of nitrogens with two attached hydrogens (primary N) is 2. The Balaban J connectivity index is 2.34. The quantitative estimate of drug-likeness (QED) is 0.279. The SMILES string of the molecule is C=CC1=NC(=N)N[C@H]1CCCN=C(N)N. The lowest BCUT2D eigenvalue weighted by Gasteiger charge is -2.09. The summed E-state index contributed by atoms with van der Waals surface area (Å²) in [5.41, 5.74) is 11.2. The summed E-state index contributed by atoms with van der Waals surface area (Å²) in [7, 11) is 0. The first-order valence-corrected chi connectivity index (χ1v) is 4.75. The number of aliphatic imine (C=N–C) groups is 2. The summed E-state index contributed by atoms with van der Waals surface area (Å²) in [6.07, 6.45) is 3.35. The zero-order chi connectivity index (χ0) is 11.3. The number of hydrogen-bond donors (Lipinski definition) is 4. The predicted molar refractivity (Wildman–Crippen MR) is 62.2 cm³/mol. The number of hydrogen-bond acceptors (Lipinski definition) is 2. The second-order valence-electron chi connectivity index (χ2n) is 3.24. The molecule has 1 aliphatic heterocycles. The molecule has 0 saturated carbocycles. The third-order valence-electron chi connectivity index (χ3n) is 2.06. The molecule has 6 N–H and O–H groups in total. The van der Waals surface area contributed by atoms with E-state index in [-0.39, 0.29) is 18.0 Å². The van der Waals surface area contributed by atoms with Gasteiger partial charge < -0.3 is 16.8 Å². The summed E-state index contributed by atoms with van der Waals surface area (Å²) in [4.78, 5) is 7.87. The smallest absolute Gasteiger partial charge is 0.215 e. The van der Waals surface area contributed by atoms with Gasteiger partial charge in [0, 0.05) is 6.54 Å². The topological polar surface area (TPSA) is 113 Å². The third kappa shape index (κ3) is 3.41. The fraction of sp³-hybridized carbons (Fsp3) is 0.444. The van der Waals surface area contributed by atoms with Crippen molar-refractivity contribution in [3.05, 3.63) is 12.7 Å². The first-order chi connectivity index (χ1) is 7.13. The van der Waals surface area contributed by atoms with E-state index in [1.54, 1.807) is 6.08 Å². The lowest BCUT2D eigenvalue weighted by molar-refractivity contribution is 0.662. The Morgan fingerprint density at radius 2 is 2.40 bits per heavy atom. The zero-order valence-corrected chi connectivity index (χ0v) is 8.53. The molecule has 0 bridgehead atoms. The van der Waals surface area contributed by atoms with E-state index < -0.39 is 0 Å². The van der Waals surface area contributed by atoms with Crippen LogP contribution in [0.5, 0.6) is 0 Å². The Labute approximate surface area is 88.7 Å². The standard InChI is InChI=1S/C9H16N6/c1-2-6-7(15-9(12)14-6)4-3-5-13-8(10)11/h2,7H,1,3-5H2,(H2,12,15)(H4,10,11,13)/t7-/m0/s1. The molecule has 0 amide bonds. The summed E-state index contributed by atoms with van der Waals surface area (Å²) in [5.74, 6) is 0.302. The summed E-state index contributed by atoms with van der Waals surface area (Å²) < 4.78 is 0. The lowest BCUT2D eigenvalue weighted by atomic mass is 10.1. The van der Waals surface area contributed by atoms with Crippen LogP contribution in [0.4, 0.5) is 0 Å². The second-order valence-corrected chi connectivity index (χ2v) is 3.24. The van der Waals surface area contributed by atoms with Gasteiger partial charge in [-0.3, -0.25) is 10.4 Å². The monoisotopic (exact) mass is 208 g/mol. The number of nitrogens with zero attached hydrogens (tertiary/aromatic N) is 2. The van der Waals surface area contributed by atoms with Crippen molar-refractivity contribution < 1.29 is 0 Å². The molecule has 6 heteroatoms. The van der Waals surface area contributed by atoms with E-state index in [4.69, 9.17) is 16.9 Å². The molecule has 0 aromatic heterocycles. The third-order valence-corrected chi connectivity index (χ3v) is 2.06. The predicted octanol–water partition coefficient (Wildman–Crippen LogP) is -0.426. The van der Waals surface area contributed by atoms with Gasteiger partial charge in [-0.15, -0.1) is 0 Å². The minimum Gasteiger partial charge on any atom is -0.370 e. The van der Waals surface area contributed by atoms with Gasteiger partial charge in [0.25, 0.3) is 0 Å². The van der Waals surface area contributed by atoms with Crippen LogP contribution < -0.4 is 16.8 Å². The lowest BCUT2D eigenvalue weighted by Crippen LogP contribution is -2.31. The van der Waals surface area contributed by atoms with Crippen molar-refractivity contribution in [3.63, 3.8) is 0 Å². The highest BCUT2D eigenvalue weighted by molar-refractivity contribution is 6.11. The van der Waals surface area contributed by atoms with Gasteiger partial charge in [-0.05, 0) is 18.9 Å². The fourth-order valence-electron chi connectivity index (χ4n) is 1.39. The Kier molecular flexibility index (Phi) is 3.84. The van der Waals surface area contributed by atoms with E-state index in [0.717, 1.165) is 18.6 Å². The van der Waals surface area contributed by atoms with Crippen LogP contribution in [0, 0.1) is 5.41 Å². The average Bonchev–Trinajstić information content (AvgIpc) is 2.53. The van der Waals surface area contributed by atoms with Gasteiger partial charge in [0.05, 0.1) is 11.8 Å². The molecule has 15 heavy (non-hydrogen) atoms. The number of guanidine groups is 2. The molecule has 1 aliphatic rings. The molecule has 82 valence electrons. The molecule has 1 heterocycles. The zero-order valence-electron chi connectivity index (χ0n) is 8.53. The van der Waals surface area contributed by atoms with Gasteiger partial charge >= 0.3 is 0 Å². The fourth-order valence-corrected chi connectivity index (χ4v) is 1.39. The maximum atomic E-state index is 7.35. The van der Waals surface area contributed by atoms with Crippen LogP contribution in [0.1, 0.15) is 12.8 Å². The molecule has 0 radical (unpaired) electrons. The Morgan fingerprint density at radius 3 is 3.00 bits per heavy atom. The summed E-state index contributed by atoms with van der Waals surface area (Å²) in [6, 6.07) is 0.0733. The summed E-state index contributed by atoms with van der Waals surface area (Å²) in [6.45, 7) is 4.24. The molecule has 0 unspecified atom stereocenters. The van der Waals surface area contributed by atoms with Gasteiger partial charge in [0.2, 0.25) is 5.96 Å². The van der Waals surface area contributed by atoms with Crippen molar-refractivity contribution in [1.29, 1.82) is 5.41 Å². The minimum absolute atomic E-state index is 0.0733. The highest BCUT2D eigenvalue weighted by Gasteiger charge is 2.20. The molecule has 6 nitrogen and oxygen atoms in total. The van der Waals surface area contributed by atoms with Gasteiger partial charge in [-0.1, -0.05) is 6.58 Å². The molecule has 1 atom stereocenters. The molecule has 1 rings (SSSR count). The van der Waals surface area contributed by atoms with Crippen molar-refractivity contribution in [2.75, 3.05) is 6.54 Å². The van der Waals surface area contributed by atoms with E-state index >= 15 is 0 Å². The molecular weight excluding hydrogens is 192 g/mol. The van der Waals surface area contributed by atoms with Crippen LogP contribution in [0.3, 0.4) is 0 Å². The normalized spacial score (nSPS) is 19.3. The van der Waals surface area contributed by atoms with Crippen molar-refractivity contribution in [1.82, 2.24) is 5.32 Å². The van der Waals surface area contributed by atoms with Crippen LogP contribution in [0.15, 0.2) is 22.6 Å². The molecule has 0 aliphatic carbocycles. The maximum Gasteiger partial charge on any atom is 0.215 e. The van der Waals surface area contributed by atoms with Crippen LogP contribution in [0.25, 0.3) is 0 Å². The van der Waals surface area contributed by atoms with Gasteiger partial charge in [-0.2, -0.15) is 0 Å². The summed E-state index contributed by atoms with van der Waals surface area (Å²) >= 11 is 0. The van der Waals surface area contributed by atoms with Gasteiger partial charge in [0.15, 0.2) is 5.96 Å². The number of rotatable bonds is 5. The van der Waals surface area contributed by atoms with Crippen LogP contribution >= 0.6 is 0 Å². The minimum atomic E-state index is 0.0733. The van der Waals surface area contributed by atoms with E-state index in [9.17, 15) is 0 Å². The highest BCUT2D eigenvalue weighted by atomic mass is 15.2. The largest absolute Gasteiger partial charge is 0.370 e. The van der Waals surface area contributed by atoms with E-state index in [2.05, 4.69) is 21.9 Å². The summed E-state index contributed by atoms with van der Waals surface area (Å²) in [5, 5.41) is 10.3. The van der Waals surface area contributed by atoms with Gasteiger partial charge in [0.1, 0.15) is 0 Å². The average molecular weight is 208 g/mol. The molecule has 0 aromatic carbocycles. The second kappa shape index (κ2) is 5.14. The van der Waals surface area contributed by atoms with Gasteiger partial charge in [-0.25, -0.2) is 4.99 Å². The molecule has 0 saturated heterocycles. The van der Waals surface area contributed by atoms with Crippen molar-refractivity contribution in [2.45, 2.75) is 18.9 Å². The number of nitrogens with one attached hydrogen (secondary N) is 2. The van der Waals surface area contributed by atoms with E-state index in [0.29, 0.717) is 6.54 Å². The van der Waals surface area contributed by atoms with Crippen LogP contribution in [-0.2, 0) is 0 Å². The molecule has 0 spiro atoms. The first kappa shape index (κ1) is 11.2. The van der Waals surface area contributed by atoms with E-state index in [1.807, 2.05) is 0 Å². The Morgan fingerprint density at radius 1 is 1.67 bits per heavy atom. The van der Waals surface area contributed by atoms with Crippen molar-refractivity contribution >= 4 is 17.6 Å². The van der Waals surface area contributed by atoms with Crippen LogP contribution in [0.2, 0.25) is 0 Å². The van der Waals surface area contributed by atoms with Crippen molar-refractivity contribution in [2.24, 2.45) is 21.5 Å². The molecule has 0 aromatic rings. The van der Waals surface area contributed by atoms with E-state index in [1.165, 1.54) is 0 Å². The Hall–Kier alpha value is -1.85. The van der Waals surface area contributed by atoms with Crippen molar-refractivity contribution in [3.8, 4) is 0 Å². The first-order valence-electron chi connectivity index (χ1n) is 4.75. The molecular formula is C9H16N6.